The van der Waals surface area contributed by atoms with Crippen LogP contribution in [0.1, 0.15) is 16.2 Å². The average Bonchev–Trinajstić information content (AvgIpc) is 2.83. The van der Waals surface area contributed by atoms with Gasteiger partial charge in [-0.05, 0) is 6.07 Å². The lowest BCUT2D eigenvalue weighted by Gasteiger charge is -2.11. The topological polar surface area (TPSA) is 79.4 Å². The van der Waals surface area contributed by atoms with E-state index in [2.05, 4.69) is 4.98 Å². The fraction of sp³-hybridized carbons (Fsp3) is 0.231. The van der Waals surface area contributed by atoms with Crippen molar-refractivity contribution < 1.29 is 14.3 Å². The number of nitrogens with two attached hydrogens (primary N) is 1. The number of rotatable bonds is 4. The van der Waals surface area contributed by atoms with Gasteiger partial charge in [0.05, 0.1) is 19.8 Å². The van der Waals surface area contributed by atoms with Gasteiger partial charge in [0, 0.05) is 31.2 Å². The molecule has 1 aromatic carbocycles. The van der Waals surface area contributed by atoms with Crippen molar-refractivity contribution in [1.82, 2.24) is 9.55 Å². The maximum atomic E-state index is 12.4. The van der Waals surface area contributed by atoms with E-state index in [9.17, 15) is 4.79 Å². The van der Waals surface area contributed by atoms with E-state index in [1.807, 2.05) is 0 Å². The number of hydrogen-bond donors (Lipinski definition) is 1. The molecule has 6 nitrogen and oxygen atoms in total. The highest BCUT2D eigenvalue weighted by Crippen LogP contribution is 2.32. The molecule has 0 saturated heterocycles. The minimum atomic E-state index is -0.258. The first-order valence-electron chi connectivity index (χ1n) is 5.62. The Bertz CT molecular complexity index is 620. The number of benzene rings is 1. The molecular weight excluding hydrogens is 246 g/mol. The van der Waals surface area contributed by atoms with E-state index in [0.29, 0.717) is 28.6 Å². The molecule has 2 N–H and O–H groups in total. The molecule has 2 rings (SSSR count). The molecule has 6 heteroatoms. The zero-order valence-corrected chi connectivity index (χ0v) is 11.0. The van der Waals surface area contributed by atoms with Gasteiger partial charge in [-0.2, -0.15) is 0 Å². The molecule has 0 fully saturated rings. The monoisotopic (exact) mass is 261 g/mol. The zero-order chi connectivity index (χ0) is 14.0. The average molecular weight is 261 g/mol. The van der Waals surface area contributed by atoms with Crippen LogP contribution in [0.25, 0.3) is 0 Å². The van der Waals surface area contributed by atoms with Crippen LogP contribution in [0, 0.1) is 0 Å². The summed E-state index contributed by atoms with van der Waals surface area (Å²) in [7, 11) is 4.76. The van der Waals surface area contributed by atoms with Gasteiger partial charge in [-0.1, -0.05) is 0 Å². The van der Waals surface area contributed by atoms with E-state index >= 15 is 0 Å². The highest BCUT2D eigenvalue weighted by Gasteiger charge is 2.19. The fourth-order valence-electron chi connectivity index (χ4n) is 1.80. The van der Waals surface area contributed by atoms with Gasteiger partial charge in [-0.3, -0.25) is 4.79 Å². The van der Waals surface area contributed by atoms with Gasteiger partial charge < -0.3 is 19.8 Å². The van der Waals surface area contributed by atoms with Crippen molar-refractivity contribution in [2.24, 2.45) is 7.05 Å². The van der Waals surface area contributed by atoms with Gasteiger partial charge >= 0.3 is 0 Å². The number of hydrogen-bond acceptors (Lipinski definition) is 5. The van der Waals surface area contributed by atoms with Crippen LogP contribution in [-0.2, 0) is 7.05 Å². The summed E-state index contributed by atoms with van der Waals surface area (Å²) >= 11 is 0. The molecule has 2 aromatic rings. The van der Waals surface area contributed by atoms with Gasteiger partial charge in [0.25, 0.3) is 0 Å². The number of ketones is 1. The number of aryl methyl sites for hydroxylation is 1. The van der Waals surface area contributed by atoms with Crippen molar-refractivity contribution in [3.8, 4) is 11.5 Å². The second-order valence-corrected chi connectivity index (χ2v) is 3.99. The predicted molar refractivity (Wildman–Crippen MR) is 70.6 cm³/mol. The lowest BCUT2D eigenvalue weighted by Crippen LogP contribution is -2.11. The van der Waals surface area contributed by atoms with Crippen LogP contribution in [0.15, 0.2) is 24.5 Å². The lowest BCUT2D eigenvalue weighted by molar-refractivity contribution is 0.102. The van der Waals surface area contributed by atoms with Crippen molar-refractivity contribution in [2.75, 3.05) is 20.0 Å². The number of nitrogen functional groups attached to an aromatic ring is 1. The van der Waals surface area contributed by atoms with Crippen molar-refractivity contribution in [2.45, 2.75) is 0 Å². The summed E-state index contributed by atoms with van der Waals surface area (Å²) in [5.41, 5.74) is 6.55. The zero-order valence-electron chi connectivity index (χ0n) is 11.0. The maximum absolute atomic E-state index is 12.4. The molecule has 0 spiro atoms. The van der Waals surface area contributed by atoms with E-state index < -0.39 is 0 Å². The number of carbonyl (C=O) groups excluding carboxylic acids is 1. The number of aromatic nitrogens is 2. The first-order chi connectivity index (χ1) is 9.08. The number of ether oxygens (including phenoxy) is 2. The first-order valence-corrected chi connectivity index (χ1v) is 5.62. The molecule has 0 amide bonds. The molecule has 0 atom stereocenters. The van der Waals surface area contributed by atoms with E-state index in [4.69, 9.17) is 15.2 Å². The molecule has 0 saturated carbocycles. The summed E-state index contributed by atoms with van der Waals surface area (Å²) in [4.78, 5) is 16.4. The van der Waals surface area contributed by atoms with Crippen LogP contribution >= 0.6 is 0 Å². The Balaban J connectivity index is 2.51. The minimum Gasteiger partial charge on any atom is -0.493 e. The Morgan fingerprint density at radius 1 is 1.26 bits per heavy atom. The maximum Gasteiger partial charge on any atom is 0.230 e. The van der Waals surface area contributed by atoms with Gasteiger partial charge in [0.15, 0.2) is 17.3 Å². The third-order valence-electron chi connectivity index (χ3n) is 2.82. The number of imidazole rings is 1. The molecule has 0 radical (unpaired) electrons. The van der Waals surface area contributed by atoms with E-state index in [1.165, 1.54) is 14.2 Å². The first kappa shape index (κ1) is 12.9. The van der Waals surface area contributed by atoms with E-state index in [1.54, 1.807) is 36.1 Å². The van der Waals surface area contributed by atoms with Crippen molar-refractivity contribution >= 4 is 11.5 Å². The van der Waals surface area contributed by atoms with Crippen molar-refractivity contribution in [3.63, 3.8) is 0 Å². The van der Waals surface area contributed by atoms with Crippen LogP contribution in [-0.4, -0.2) is 29.6 Å². The molecule has 1 aromatic heterocycles. The van der Waals surface area contributed by atoms with Crippen LogP contribution in [0.4, 0.5) is 5.69 Å². The molecule has 0 aliphatic carbocycles. The summed E-state index contributed by atoms with van der Waals surface area (Å²) in [6.45, 7) is 0. The Hall–Kier alpha value is -2.50. The smallest absolute Gasteiger partial charge is 0.230 e. The van der Waals surface area contributed by atoms with Gasteiger partial charge in [-0.15, -0.1) is 0 Å². The molecule has 0 unspecified atom stereocenters. The van der Waals surface area contributed by atoms with E-state index in [-0.39, 0.29) is 5.78 Å². The van der Waals surface area contributed by atoms with Crippen LogP contribution in [0.3, 0.4) is 0 Å². The molecule has 0 aliphatic rings. The summed E-state index contributed by atoms with van der Waals surface area (Å²) in [6, 6.07) is 3.13. The standard InChI is InChI=1S/C13H15N3O3/c1-16-5-4-15-13(16)12(17)8-6-10(18-2)11(19-3)7-9(8)14/h4-7H,14H2,1-3H3. The highest BCUT2D eigenvalue weighted by molar-refractivity contribution is 6.10. The molecule has 0 bridgehead atoms. The third kappa shape index (κ3) is 2.24. The largest absolute Gasteiger partial charge is 0.493 e. The Morgan fingerprint density at radius 2 is 1.89 bits per heavy atom. The number of methoxy groups -OCH3 is 2. The highest BCUT2D eigenvalue weighted by atomic mass is 16.5. The molecule has 0 aliphatic heterocycles. The van der Waals surface area contributed by atoms with Crippen molar-refractivity contribution in [1.29, 1.82) is 0 Å². The SMILES string of the molecule is COc1cc(N)c(C(=O)c2nccn2C)cc1OC. The van der Waals surface area contributed by atoms with Gasteiger partial charge in [0.2, 0.25) is 5.78 Å². The van der Waals surface area contributed by atoms with Crippen molar-refractivity contribution in [3.05, 3.63) is 35.9 Å². The van der Waals surface area contributed by atoms with Gasteiger partial charge in [0.1, 0.15) is 0 Å². The number of nitrogens with zero attached hydrogens (tertiary/aromatic N) is 2. The molecule has 100 valence electrons. The molecule has 1 heterocycles. The normalized spacial score (nSPS) is 10.3. The predicted octanol–water partition coefficient (Wildman–Crippen LogP) is 1.25. The molecule has 19 heavy (non-hydrogen) atoms. The van der Waals surface area contributed by atoms with Crippen LogP contribution in [0.5, 0.6) is 11.5 Å². The Morgan fingerprint density at radius 3 is 2.42 bits per heavy atom. The summed E-state index contributed by atoms with van der Waals surface area (Å²) < 4.78 is 11.9. The lowest BCUT2D eigenvalue weighted by atomic mass is 10.1. The summed E-state index contributed by atoms with van der Waals surface area (Å²) in [6.07, 6.45) is 3.26. The summed E-state index contributed by atoms with van der Waals surface area (Å²) in [5.74, 6) is 0.996. The van der Waals surface area contributed by atoms with Crippen LogP contribution in [0.2, 0.25) is 0 Å². The fourth-order valence-corrected chi connectivity index (χ4v) is 1.80. The Labute approximate surface area is 110 Å². The second kappa shape index (κ2) is 5.01. The minimum absolute atomic E-state index is 0.258. The second-order valence-electron chi connectivity index (χ2n) is 3.99. The Kier molecular flexibility index (Phi) is 3.41. The quantitative estimate of drug-likeness (QED) is 0.662. The number of anilines is 1. The molecular formula is C13H15N3O3. The summed E-state index contributed by atoms with van der Waals surface area (Å²) in [5, 5.41) is 0. The number of carbonyl (C=O) groups is 1. The third-order valence-corrected chi connectivity index (χ3v) is 2.82. The van der Waals surface area contributed by atoms with Crippen LogP contribution < -0.4 is 15.2 Å². The van der Waals surface area contributed by atoms with E-state index in [0.717, 1.165) is 0 Å². The van der Waals surface area contributed by atoms with Gasteiger partial charge in [-0.25, -0.2) is 4.98 Å².